The average Bonchev–Trinajstić information content (AvgIpc) is 3.01. The van der Waals surface area contributed by atoms with Crippen LogP contribution in [0.5, 0.6) is 0 Å². The average molecular weight is 545 g/mol. The van der Waals surface area contributed by atoms with E-state index in [1.165, 1.54) is 44.5 Å². The van der Waals surface area contributed by atoms with Crippen molar-refractivity contribution in [1.82, 2.24) is 0 Å². The van der Waals surface area contributed by atoms with Gasteiger partial charge >= 0.3 is 0 Å². The van der Waals surface area contributed by atoms with E-state index in [0.29, 0.717) is 0 Å². The minimum absolute atomic E-state index is 0.915. The number of para-hydroxylation sites is 1. The summed E-state index contributed by atoms with van der Waals surface area (Å²) in [6.07, 6.45) is 1.87. The minimum Gasteiger partial charge on any atom is -0.356 e. The summed E-state index contributed by atoms with van der Waals surface area (Å²) in [7, 11) is 0. The van der Waals surface area contributed by atoms with Crippen LogP contribution in [0.1, 0.15) is 33.4 Å². The highest BCUT2D eigenvalue weighted by molar-refractivity contribution is 5.74. The predicted molar refractivity (Wildman–Crippen MR) is 179 cm³/mol. The van der Waals surface area contributed by atoms with E-state index >= 15 is 0 Å². The zero-order valence-electron chi connectivity index (χ0n) is 24.3. The van der Waals surface area contributed by atoms with Crippen molar-refractivity contribution < 1.29 is 0 Å². The fourth-order valence-electron chi connectivity index (χ4n) is 5.52. The highest BCUT2D eigenvalue weighted by atomic mass is 14.9. The van der Waals surface area contributed by atoms with Gasteiger partial charge in [0.1, 0.15) is 0 Å². The maximum absolute atomic E-state index is 3.58. The van der Waals surface area contributed by atoms with Gasteiger partial charge in [0.25, 0.3) is 0 Å². The summed E-state index contributed by atoms with van der Waals surface area (Å²) in [5, 5.41) is 7.04. The van der Waals surface area contributed by atoms with Crippen LogP contribution < -0.4 is 10.6 Å². The van der Waals surface area contributed by atoms with Crippen LogP contribution in [-0.4, -0.2) is 0 Å². The number of benzene rings is 6. The number of hydrogen-bond donors (Lipinski definition) is 2. The van der Waals surface area contributed by atoms with Crippen molar-refractivity contribution in [1.29, 1.82) is 0 Å². The number of nitrogens with one attached hydrogen (secondary N) is 2. The van der Waals surface area contributed by atoms with Crippen LogP contribution >= 0.6 is 0 Å². The molecule has 6 aromatic rings. The molecule has 0 radical (unpaired) electrons. The van der Waals surface area contributed by atoms with Crippen LogP contribution in [0, 0.1) is 13.8 Å². The van der Waals surface area contributed by atoms with Crippen molar-refractivity contribution in [2.75, 3.05) is 10.6 Å². The van der Waals surface area contributed by atoms with Crippen molar-refractivity contribution in [3.63, 3.8) is 0 Å². The molecule has 0 heterocycles. The molecule has 2 nitrogen and oxygen atoms in total. The molecule has 0 aliphatic carbocycles. The van der Waals surface area contributed by atoms with Crippen LogP contribution in [0.3, 0.4) is 0 Å². The molecular weight excluding hydrogens is 508 g/mol. The summed E-state index contributed by atoms with van der Waals surface area (Å²) in [4.78, 5) is 0. The molecule has 0 unspecified atom stereocenters. The summed E-state index contributed by atoms with van der Waals surface area (Å²) in [5.74, 6) is 0. The van der Waals surface area contributed by atoms with Crippen molar-refractivity contribution in [2.45, 2.75) is 26.7 Å². The maximum Gasteiger partial charge on any atom is 0.0387 e. The largest absolute Gasteiger partial charge is 0.356 e. The molecule has 0 amide bonds. The van der Waals surface area contributed by atoms with Crippen LogP contribution in [0.25, 0.3) is 11.1 Å². The Bertz CT molecular complexity index is 1620. The SMILES string of the molecule is Cc1cc(Cc2ccc(Nc3ccccc3)cc2)ccc1-c1ccc(Nc2ccc(Cc3ccccc3)cc2)cc1C. The van der Waals surface area contributed by atoms with Gasteiger partial charge in [-0.2, -0.15) is 0 Å². The molecule has 0 atom stereocenters. The smallest absolute Gasteiger partial charge is 0.0387 e. The van der Waals surface area contributed by atoms with Crippen molar-refractivity contribution in [3.05, 3.63) is 179 Å². The van der Waals surface area contributed by atoms with Gasteiger partial charge in [-0.3, -0.25) is 0 Å². The lowest BCUT2D eigenvalue weighted by atomic mass is 9.93. The molecule has 6 aromatic carbocycles. The minimum atomic E-state index is 0.915. The number of anilines is 4. The van der Waals surface area contributed by atoms with Crippen molar-refractivity contribution >= 4 is 22.7 Å². The molecule has 2 N–H and O–H groups in total. The lowest BCUT2D eigenvalue weighted by Crippen LogP contribution is -1.95. The molecule has 206 valence electrons. The Balaban J connectivity index is 1.09. The van der Waals surface area contributed by atoms with E-state index in [1.807, 2.05) is 18.2 Å². The third-order valence-electron chi connectivity index (χ3n) is 7.73. The third kappa shape index (κ3) is 6.79. The normalized spacial score (nSPS) is 10.8. The first-order chi connectivity index (χ1) is 20.6. The zero-order valence-corrected chi connectivity index (χ0v) is 24.3. The molecule has 0 fully saturated rings. The van der Waals surface area contributed by atoms with Gasteiger partial charge in [-0.05, 0) is 120 Å². The number of aryl methyl sites for hydroxylation is 2. The fourth-order valence-corrected chi connectivity index (χ4v) is 5.52. The fraction of sp³-hybridized carbons (Fsp3) is 0.100. The molecule has 0 saturated carbocycles. The standard InChI is InChI=1S/C40H36N2/c1-29-25-34(28-33-15-18-36(19-16-33)41-35-11-7-4-8-12-35)17-23-39(29)40-24-22-38(26-30(40)2)42-37-20-13-32(14-21-37)27-31-9-5-3-6-10-31/h3-26,41-42H,27-28H2,1-2H3. The zero-order chi connectivity index (χ0) is 28.7. The van der Waals surface area contributed by atoms with Gasteiger partial charge in [0, 0.05) is 22.7 Å². The van der Waals surface area contributed by atoms with Crippen molar-refractivity contribution in [2.24, 2.45) is 0 Å². The van der Waals surface area contributed by atoms with E-state index in [0.717, 1.165) is 35.6 Å². The van der Waals surface area contributed by atoms with Crippen LogP contribution in [0.2, 0.25) is 0 Å². The Morgan fingerprint density at radius 2 is 0.762 bits per heavy atom. The van der Waals surface area contributed by atoms with Gasteiger partial charge in [-0.25, -0.2) is 0 Å². The number of hydrogen-bond acceptors (Lipinski definition) is 2. The quantitative estimate of drug-likeness (QED) is 0.189. The van der Waals surface area contributed by atoms with Gasteiger partial charge in [0.05, 0.1) is 0 Å². The predicted octanol–water partition coefficient (Wildman–Crippen LogP) is 10.6. The molecule has 0 saturated heterocycles. The summed E-state index contributed by atoms with van der Waals surface area (Å²) >= 11 is 0. The molecule has 6 rings (SSSR count). The van der Waals surface area contributed by atoms with E-state index in [-0.39, 0.29) is 0 Å². The van der Waals surface area contributed by atoms with Crippen LogP contribution in [-0.2, 0) is 12.8 Å². The van der Waals surface area contributed by atoms with E-state index < -0.39 is 0 Å². The van der Waals surface area contributed by atoms with Gasteiger partial charge in [-0.15, -0.1) is 0 Å². The topological polar surface area (TPSA) is 24.1 Å². The van der Waals surface area contributed by atoms with E-state index in [9.17, 15) is 0 Å². The van der Waals surface area contributed by atoms with Crippen molar-refractivity contribution in [3.8, 4) is 11.1 Å². The monoisotopic (exact) mass is 544 g/mol. The number of rotatable bonds is 9. The van der Waals surface area contributed by atoms with E-state index in [1.54, 1.807) is 0 Å². The first-order valence-electron chi connectivity index (χ1n) is 14.6. The molecule has 0 aliphatic heterocycles. The second-order valence-corrected chi connectivity index (χ2v) is 11.0. The highest BCUT2D eigenvalue weighted by Gasteiger charge is 2.08. The Labute approximate surface area is 249 Å². The molecule has 0 aromatic heterocycles. The van der Waals surface area contributed by atoms with E-state index in [4.69, 9.17) is 0 Å². The van der Waals surface area contributed by atoms with E-state index in [2.05, 4.69) is 152 Å². The molecule has 2 heteroatoms. The third-order valence-corrected chi connectivity index (χ3v) is 7.73. The lowest BCUT2D eigenvalue weighted by molar-refractivity contribution is 1.18. The van der Waals surface area contributed by atoms with Gasteiger partial charge in [-0.1, -0.05) is 97.1 Å². The Kier molecular flexibility index (Phi) is 8.14. The van der Waals surface area contributed by atoms with Gasteiger partial charge in [0.15, 0.2) is 0 Å². The van der Waals surface area contributed by atoms with Gasteiger partial charge in [0.2, 0.25) is 0 Å². The summed E-state index contributed by atoms with van der Waals surface area (Å²) in [5.41, 5.74) is 14.8. The summed E-state index contributed by atoms with van der Waals surface area (Å²) in [6.45, 7) is 4.41. The summed E-state index contributed by atoms with van der Waals surface area (Å²) in [6, 6.07) is 51.9. The second kappa shape index (κ2) is 12.6. The van der Waals surface area contributed by atoms with Crippen LogP contribution in [0.4, 0.5) is 22.7 Å². The molecule has 42 heavy (non-hydrogen) atoms. The summed E-state index contributed by atoms with van der Waals surface area (Å²) < 4.78 is 0. The molecule has 0 aliphatic rings. The molecular formula is C40H36N2. The first-order valence-corrected chi connectivity index (χ1v) is 14.6. The second-order valence-electron chi connectivity index (χ2n) is 11.0. The highest BCUT2D eigenvalue weighted by Crippen LogP contribution is 2.31. The lowest BCUT2D eigenvalue weighted by Gasteiger charge is -2.14. The maximum atomic E-state index is 3.58. The Morgan fingerprint density at radius 3 is 1.33 bits per heavy atom. The molecule has 0 spiro atoms. The molecule has 0 bridgehead atoms. The first kappa shape index (κ1) is 27.1. The Hall–Kier alpha value is -5.08. The van der Waals surface area contributed by atoms with Gasteiger partial charge < -0.3 is 10.6 Å². The van der Waals surface area contributed by atoms with Crippen LogP contribution in [0.15, 0.2) is 146 Å². The Morgan fingerprint density at radius 1 is 0.357 bits per heavy atom.